The first-order valence-corrected chi connectivity index (χ1v) is 14.5. The van der Waals surface area contributed by atoms with Crippen LogP contribution in [0.15, 0.2) is 140 Å². The first kappa shape index (κ1) is 22.7. The van der Waals surface area contributed by atoms with Crippen LogP contribution in [0.3, 0.4) is 0 Å². The second-order valence-electron chi connectivity index (χ2n) is 11.1. The van der Waals surface area contributed by atoms with Gasteiger partial charge in [-0.3, -0.25) is 9.38 Å². The molecule has 0 bridgehead atoms. The van der Waals surface area contributed by atoms with Crippen molar-refractivity contribution in [2.24, 2.45) is 0 Å². The van der Waals surface area contributed by atoms with E-state index in [4.69, 9.17) is 4.98 Å². The summed E-state index contributed by atoms with van der Waals surface area (Å²) < 4.78 is 7.04. The summed E-state index contributed by atoms with van der Waals surface area (Å²) in [5.41, 5.74) is 9.11. The van der Waals surface area contributed by atoms with Gasteiger partial charge >= 0.3 is 0 Å². The third-order valence-electron chi connectivity index (χ3n) is 8.96. The Balaban J connectivity index is 1.48. The maximum atomic E-state index is 4.72. The Hall–Kier alpha value is -5.94. The van der Waals surface area contributed by atoms with Gasteiger partial charge in [0.15, 0.2) is 0 Å². The van der Waals surface area contributed by atoms with E-state index in [0.29, 0.717) is 0 Å². The maximum Gasteiger partial charge on any atom is 0.145 e. The largest absolute Gasteiger partial charge is 0.309 e. The van der Waals surface area contributed by atoms with E-state index in [0.717, 1.165) is 33.3 Å². The molecule has 0 saturated heterocycles. The molecule has 43 heavy (non-hydrogen) atoms. The Labute approximate surface area is 245 Å². The molecule has 0 atom stereocenters. The zero-order chi connectivity index (χ0) is 28.1. The average molecular weight is 550 g/mol. The fraction of sp³-hybridized carbons (Fsp3) is 0. The van der Waals surface area contributed by atoms with Crippen LogP contribution in [0.2, 0.25) is 0 Å². The molecule has 0 spiro atoms. The van der Waals surface area contributed by atoms with E-state index in [1.54, 1.807) is 0 Å². The fourth-order valence-electron chi connectivity index (χ4n) is 7.21. The van der Waals surface area contributed by atoms with Crippen molar-refractivity contribution in [2.75, 3.05) is 0 Å². The normalized spacial score (nSPS) is 12.2. The minimum absolute atomic E-state index is 0.945. The smallest absolute Gasteiger partial charge is 0.145 e. The quantitative estimate of drug-likeness (QED) is 0.202. The van der Waals surface area contributed by atoms with Crippen LogP contribution >= 0.6 is 0 Å². The number of para-hydroxylation sites is 3. The van der Waals surface area contributed by atoms with Gasteiger partial charge in [0, 0.05) is 73.9 Å². The molecule has 5 heteroatoms. The van der Waals surface area contributed by atoms with Crippen molar-refractivity contribution in [3.05, 3.63) is 140 Å². The lowest BCUT2D eigenvalue weighted by Gasteiger charge is -2.13. The molecule has 5 nitrogen and oxygen atoms in total. The van der Waals surface area contributed by atoms with Crippen LogP contribution in [0.4, 0.5) is 0 Å². The SMILES string of the molecule is c1ccc(-n2c3ccccc3c3cc4c(cc32)c2ccc3c(c5cnccc5c5nccn35)c2n4-c2ccccc2)cc1. The Morgan fingerprint density at radius 3 is 1.98 bits per heavy atom. The van der Waals surface area contributed by atoms with E-state index < -0.39 is 0 Å². The molecule has 10 aromatic rings. The van der Waals surface area contributed by atoms with Crippen LogP contribution in [0, 0.1) is 0 Å². The van der Waals surface area contributed by atoms with Crippen molar-refractivity contribution in [1.29, 1.82) is 0 Å². The first-order valence-electron chi connectivity index (χ1n) is 14.5. The van der Waals surface area contributed by atoms with E-state index >= 15 is 0 Å². The van der Waals surface area contributed by atoms with Crippen molar-refractivity contribution < 1.29 is 0 Å². The number of hydrogen-bond donors (Lipinski definition) is 0. The van der Waals surface area contributed by atoms with Gasteiger partial charge in [-0.1, -0.05) is 60.7 Å². The van der Waals surface area contributed by atoms with Gasteiger partial charge in [0.05, 0.1) is 27.6 Å². The van der Waals surface area contributed by atoms with Crippen molar-refractivity contribution in [3.63, 3.8) is 0 Å². The van der Waals surface area contributed by atoms with Crippen LogP contribution in [-0.4, -0.2) is 23.5 Å². The van der Waals surface area contributed by atoms with Crippen LogP contribution in [0.5, 0.6) is 0 Å². The molecule has 5 heterocycles. The fourth-order valence-corrected chi connectivity index (χ4v) is 7.21. The molecule has 5 aromatic carbocycles. The van der Waals surface area contributed by atoms with Gasteiger partial charge in [-0.2, -0.15) is 0 Å². The van der Waals surface area contributed by atoms with Gasteiger partial charge in [0.2, 0.25) is 0 Å². The van der Waals surface area contributed by atoms with E-state index in [-0.39, 0.29) is 0 Å². The topological polar surface area (TPSA) is 40.1 Å². The van der Waals surface area contributed by atoms with E-state index in [1.807, 2.05) is 18.6 Å². The number of imidazole rings is 1. The van der Waals surface area contributed by atoms with Gasteiger partial charge in [-0.15, -0.1) is 0 Å². The average Bonchev–Trinajstić information content (AvgIpc) is 3.77. The number of hydrogen-bond acceptors (Lipinski definition) is 2. The summed E-state index contributed by atoms with van der Waals surface area (Å²) in [6.07, 6.45) is 7.79. The molecule has 0 unspecified atom stereocenters. The third-order valence-corrected chi connectivity index (χ3v) is 8.96. The number of aromatic nitrogens is 5. The monoisotopic (exact) mass is 549 g/mol. The summed E-state index contributed by atoms with van der Waals surface area (Å²) in [5.74, 6) is 0. The zero-order valence-corrected chi connectivity index (χ0v) is 23.0. The Bertz CT molecular complexity index is 2710. The number of benzene rings is 5. The lowest BCUT2D eigenvalue weighted by molar-refractivity contribution is 1.18. The lowest BCUT2D eigenvalue weighted by Crippen LogP contribution is -1.97. The van der Waals surface area contributed by atoms with E-state index in [9.17, 15) is 0 Å². The molecular formula is C38H23N5. The summed E-state index contributed by atoms with van der Waals surface area (Å²) in [6, 6.07) is 41.5. The maximum absolute atomic E-state index is 4.72. The minimum Gasteiger partial charge on any atom is -0.309 e. The van der Waals surface area contributed by atoms with Crippen LogP contribution in [-0.2, 0) is 0 Å². The Morgan fingerprint density at radius 1 is 0.465 bits per heavy atom. The van der Waals surface area contributed by atoms with E-state index in [2.05, 4.69) is 140 Å². The highest BCUT2D eigenvalue weighted by molar-refractivity contribution is 6.28. The van der Waals surface area contributed by atoms with Crippen molar-refractivity contribution in [2.45, 2.75) is 0 Å². The van der Waals surface area contributed by atoms with Gasteiger partial charge in [-0.05, 0) is 54.6 Å². The Morgan fingerprint density at radius 2 is 1.16 bits per heavy atom. The van der Waals surface area contributed by atoms with Gasteiger partial charge in [-0.25, -0.2) is 4.98 Å². The molecule has 5 aromatic heterocycles. The predicted molar refractivity (Wildman–Crippen MR) is 177 cm³/mol. The number of rotatable bonds is 2. The first-order chi connectivity index (χ1) is 21.4. The van der Waals surface area contributed by atoms with Crippen LogP contribution in [0.25, 0.3) is 82.3 Å². The molecule has 200 valence electrons. The van der Waals surface area contributed by atoms with Crippen molar-refractivity contribution >= 4 is 70.9 Å². The molecule has 0 aliphatic rings. The number of nitrogens with zero attached hydrogens (tertiary/aromatic N) is 5. The van der Waals surface area contributed by atoms with Crippen LogP contribution < -0.4 is 0 Å². The van der Waals surface area contributed by atoms with Gasteiger partial charge in [0.25, 0.3) is 0 Å². The molecule has 0 radical (unpaired) electrons. The summed E-state index contributed by atoms with van der Waals surface area (Å²) in [6.45, 7) is 0. The van der Waals surface area contributed by atoms with Gasteiger partial charge < -0.3 is 9.13 Å². The predicted octanol–water partition coefficient (Wildman–Crippen LogP) is 9.23. The molecule has 0 fully saturated rings. The second-order valence-corrected chi connectivity index (χ2v) is 11.1. The number of pyridine rings is 2. The van der Waals surface area contributed by atoms with Gasteiger partial charge in [0.1, 0.15) is 5.65 Å². The third kappa shape index (κ3) is 2.95. The molecule has 0 aliphatic carbocycles. The Kier molecular flexibility index (Phi) is 4.39. The lowest BCUT2D eigenvalue weighted by atomic mass is 10.0. The zero-order valence-electron chi connectivity index (χ0n) is 23.0. The number of fused-ring (bicyclic) bond motifs is 13. The molecule has 10 rings (SSSR count). The summed E-state index contributed by atoms with van der Waals surface area (Å²) >= 11 is 0. The molecule has 0 N–H and O–H groups in total. The summed E-state index contributed by atoms with van der Waals surface area (Å²) in [7, 11) is 0. The van der Waals surface area contributed by atoms with Crippen LogP contribution in [0.1, 0.15) is 0 Å². The standard InChI is InChI=1S/C38H23N5/c1-3-9-24(10-4-1)42-32-14-8-7-13-26(32)29-21-35-30(22-34(29)42)27-15-16-33-36(37(27)43(35)25-11-5-2-6-12-25)31-23-39-18-17-28(31)38-40-19-20-41(33)38/h1-23H. The van der Waals surface area contributed by atoms with E-state index in [1.165, 1.54) is 49.0 Å². The highest BCUT2D eigenvalue weighted by atomic mass is 15.0. The molecule has 0 aliphatic heterocycles. The second kappa shape index (κ2) is 8.30. The molecule has 0 saturated carbocycles. The minimum atomic E-state index is 0.945. The van der Waals surface area contributed by atoms with Crippen molar-refractivity contribution in [3.8, 4) is 11.4 Å². The molecular weight excluding hydrogens is 526 g/mol. The molecule has 0 amide bonds. The summed E-state index contributed by atoms with van der Waals surface area (Å²) in [5, 5.41) is 8.28. The highest BCUT2D eigenvalue weighted by Gasteiger charge is 2.22. The van der Waals surface area contributed by atoms with Crippen molar-refractivity contribution in [1.82, 2.24) is 23.5 Å². The highest BCUT2D eigenvalue weighted by Crippen LogP contribution is 2.43. The summed E-state index contributed by atoms with van der Waals surface area (Å²) in [4.78, 5) is 9.31.